The number of carbonyl (C=O) groups excluding carboxylic acids is 1. The number of methoxy groups -OCH3 is 1. The molecule has 0 aromatic heterocycles. The minimum atomic E-state index is -0.0875. The SMILES string of the molecule is COc1c(Cl)ccc(Cl)c1C(=O)Pc1ccccc1.[LiH]. The van der Waals surface area contributed by atoms with Gasteiger partial charge in [-0.3, -0.25) is 4.79 Å². The van der Waals surface area contributed by atoms with Crippen molar-refractivity contribution in [2.45, 2.75) is 0 Å². The summed E-state index contributed by atoms with van der Waals surface area (Å²) in [7, 11) is 1.46. The molecule has 6 heteroatoms. The Morgan fingerprint density at radius 2 is 1.65 bits per heavy atom. The molecule has 0 aliphatic heterocycles. The van der Waals surface area contributed by atoms with E-state index in [9.17, 15) is 4.79 Å². The van der Waals surface area contributed by atoms with Crippen molar-refractivity contribution in [1.82, 2.24) is 0 Å². The topological polar surface area (TPSA) is 26.3 Å². The number of halogens is 2. The Balaban J connectivity index is 0.00000200. The molecule has 1 atom stereocenters. The molecule has 0 bridgehead atoms. The molecule has 1 unspecified atom stereocenters. The number of hydrogen-bond donors (Lipinski definition) is 0. The van der Waals surface area contributed by atoms with E-state index in [1.165, 1.54) is 7.11 Å². The van der Waals surface area contributed by atoms with E-state index in [0.717, 1.165) is 5.30 Å². The fourth-order valence-corrected chi connectivity index (χ4v) is 3.20. The molecule has 0 radical (unpaired) electrons. The van der Waals surface area contributed by atoms with Crippen molar-refractivity contribution in [3.63, 3.8) is 0 Å². The quantitative estimate of drug-likeness (QED) is 0.636. The van der Waals surface area contributed by atoms with Crippen LogP contribution in [-0.2, 0) is 0 Å². The van der Waals surface area contributed by atoms with Crippen LogP contribution in [0.3, 0.4) is 0 Å². The van der Waals surface area contributed by atoms with E-state index in [2.05, 4.69) is 0 Å². The molecule has 2 rings (SSSR count). The fourth-order valence-electron chi connectivity index (χ4n) is 1.66. The Kier molecular flexibility index (Phi) is 7.10. The molecule has 0 aliphatic rings. The van der Waals surface area contributed by atoms with E-state index in [-0.39, 0.29) is 33.0 Å². The standard InChI is InChI=1S/C14H11Cl2O2P.Li.H/c1-18-13-11(16)8-7-10(15)12(13)14(17)19-9-5-3-2-4-6-9;;/h2-8,19H,1H3;;. The summed E-state index contributed by atoms with van der Waals surface area (Å²) in [5, 5.41) is 1.69. The van der Waals surface area contributed by atoms with Crippen LogP contribution in [0.4, 0.5) is 0 Å². The van der Waals surface area contributed by atoms with Crippen molar-refractivity contribution < 1.29 is 9.53 Å². The molecule has 0 saturated carbocycles. The summed E-state index contributed by atoms with van der Waals surface area (Å²) in [4.78, 5) is 12.4. The summed E-state index contributed by atoms with van der Waals surface area (Å²) in [6, 6.07) is 12.7. The van der Waals surface area contributed by atoms with Crippen molar-refractivity contribution in [3.8, 4) is 5.75 Å². The number of benzene rings is 2. The summed E-state index contributed by atoms with van der Waals surface area (Å²) in [6.07, 6.45) is 0. The summed E-state index contributed by atoms with van der Waals surface area (Å²) in [5.41, 5.74) is 0.259. The Morgan fingerprint density at radius 3 is 2.25 bits per heavy atom. The van der Waals surface area contributed by atoms with Gasteiger partial charge >= 0.3 is 18.9 Å². The summed E-state index contributed by atoms with van der Waals surface area (Å²) in [5.74, 6) is 0.336. The first-order chi connectivity index (χ1) is 9.13. The van der Waals surface area contributed by atoms with Gasteiger partial charge in [0.05, 0.1) is 22.7 Å². The third kappa shape index (κ3) is 4.01. The molecule has 100 valence electrons. The molecule has 0 spiro atoms. The second kappa shape index (κ2) is 8.08. The van der Waals surface area contributed by atoms with Crippen LogP contribution in [0.25, 0.3) is 0 Å². The van der Waals surface area contributed by atoms with Gasteiger partial charge in [0.2, 0.25) is 0 Å². The molecule has 20 heavy (non-hydrogen) atoms. The minimum absolute atomic E-state index is 0. The summed E-state index contributed by atoms with van der Waals surface area (Å²) in [6.45, 7) is 0. The van der Waals surface area contributed by atoms with Crippen LogP contribution in [0.2, 0.25) is 10.0 Å². The van der Waals surface area contributed by atoms with Gasteiger partial charge in [-0.1, -0.05) is 53.5 Å². The molecule has 0 saturated heterocycles. The predicted molar refractivity (Wildman–Crippen MR) is 88.9 cm³/mol. The molecule has 0 aliphatic carbocycles. The third-order valence-corrected chi connectivity index (χ3v) is 4.23. The normalized spacial score (nSPS) is 10.3. The second-order valence-electron chi connectivity index (χ2n) is 3.76. The maximum absolute atomic E-state index is 12.4. The maximum atomic E-state index is 12.4. The molecule has 0 N–H and O–H groups in total. The number of carbonyl (C=O) groups is 1. The van der Waals surface area contributed by atoms with Crippen molar-refractivity contribution >= 4 is 61.5 Å². The van der Waals surface area contributed by atoms with Gasteiger partial charge in [-0.15, -0.1) is 0 Å². The molecule has 2 aromatic carbocycles. The van der Waals surface area contributed by atoms with Crippen LogP contribution in [0.1, 0.15) is 10.4 Å². The molecule has 0 heterocycles. The average Bonchev–Trinajstić information content (AvgIpc) is 2.42. The Hall–Kier alpha value is -0.483. The van der Waals surface area contributed by atoms with Crippen molar-refractivity contribution in [1.29, 1.82) is 0 Å². The van der Waals surface area contributed by atoms with Crippen LogP contribution >= 0.6 is 31.8 Å². The van der Waals surface area contributed by atoms with Gasteiger partial charge in [0.15, 0.2) is 5.52 Å². The number of ether oxygens (including phenoxy) is 1. The number of hydrogen-bond acceptors (Lipinski definition) is 2. The van der Waals surface area contributed by atoms with Gasteiger partial charge in [-0.2, -0.15) is 0 Å². The van der Waals surface area contributed by atoms with Crippen LogP contribution in [0.15, 0.2) is 42.5 Å². The second-order valence-corrected chi connectivity index (χ2v) is 5.85. The van der Waals surface area contributed by atoms with Crippen LogP contribution in [-0.4, -0.2) is 31.5 Å². The zero-order chi connectivity index (χ0) is 13.8. The van der Waals surface area contributed by atoms with E-state index in [1.807, 2.05) is 30.3 Å². The predicted octanol–water partition coefficient (Wildman–Crippen LogP) is 3.50. The molecular formula is C14H12Cl2LiO2P. The first-order valence-electron chi connectivity index (χ1n) is 5.52. The first-order valence-corrected chi connectivity index (χ1v) is 7.27. The van der Waals surface area contributed by atoms with Crippen LogP contribution < -0.4 is 10.0 Å². The van der Waals surface area contributed by atoms with E-state index >= 15 is 0 Å². The fraction of sp³-hybridized carbons (Fsp3) is 0.0714. The van der Waals surface area contributed by atoms with E-state index < -0.39 is 0 Å². The van der Waals surface area contributed by atoms with Crippen LogP contribution in [0.5, 0.6) is 5.75 Å². The monoisotopic (exact) mass is 320 g/mol. The zero-order valence-electron chi connectivity index (χ0n) is 10.1. The van der Waals surface area contributed by atoms with Gasteiger partial charge in [0, 0.05) is 0 Å². The van der Waals surface area contributed by atoms with Gasteiger partial charge in [0.1, 0.15) is 5.75 Å². The van der Waals surface area contributed by atoms with Crippen molar-refractivity contribution in [2.75, 3.05) is 7.11 Å². The summed E-state index contributed by atoms with van der Waals surface area (Å²) < 4.78 is 5.18. The van der Waals surface area contributed by atoms with E-state index in [4.69, 9.17) is 27.9 Å². The van der Waals surface area contributed by atoms with Gasteiger partial charge in [-0.25, -0.2) is 0 Å². The Labute approximate surface area is 141 Å². The van der Waals surface area contributed by atoms with Gasteiger partial charge < -0.3 is 4.74 Å². The molecule has 2 nitrogen and oxygen atoms in total. The van der Waals surface area contributed by atoms with Crippen molar-refractivity contribution in [3.05, 3.63) is 58.1 Å². The molecule has 2 aromatic rings. The van der Waals surface area contributed by atoms with Crippen LogP contribution in [0, 0.1) is 0 Å². The molecular weight excluding hydrogens is 309 g/mol. The first kappa shape index (κ1) is 17.6. The summed E-state index contributed by atoms with van der Waals surface area (Å²) >= 11 is 12.1. The Bertz CT molecular complexity index is 606. The zero-order valence-corrected chi connectivity index (χ0v) is 12.6. The third-order valence-electron chi connectivity index (χ3n) is 2.52. The van der Waals surface area contributed by atoms with E-state index in [0.29, 0.717) is 21.4 Å². The average molecular weight is 321 g/mol. The van der Waals surface area contributed by atoms with Gasteiger partial charge in [0.25, 0.3) is 0 Å². The molecule has 0 fully saturated rings. The number of rotatable bonds is 4. The molecule has 0 amide bonds. The van der Waals surface area contributed by atoms with Crippen molar-refractivity contribution in [2.24, 2.45) is 0 Å². The Morgan fingerprint density at radius 1 is 1.05 bits per heavy atom. The van der Waals surface area contributed by atoms with E-state index in [1.54, 1.807) is 12.1 Å². The van der Waals surface area contributed by atoms with Gasteiger partial charge in [-0.05, 0) is 26.0 Å².